The maximum Gasteiger partial charge on any atom is 0.416 e. The lowest BCUT2D eigenvalue weighted by Gasteiger charge is -2.22. The number of anilines is 1. The Morgan fingerprint density at radius 2 is 2.10 bits per heavy atom. The predicted molar refractivity (Wildman–Crippen MR) is 70.5 cm³/mol. The highest BCUT2D eigenvalue weighted by Crippen LogP contribution is 2.33. The van der Waals surface area contributed by atoms with Crippen LogP contribution in [0.2, 0.25) is 0 Å². The summed E-state index contributed by atoms with van der Waals surface area (Å²) in [5.41, 5.74) is -1.17. The van der Waals surface area contributed by atoms with E-state index >= 15 is 0 Å². The van der Waals surface area contributed by atoms with Gasteiger partial charge in [0, 0.05) is 12.8 Å². The van der Waals surface area contributed by atoms with Gasteiger partial charge in [0.25, 0.3) is 0 Å². The largest absolute Gasteiger partial charge is 0.478 e. The summed E-state index contributed by atoms with van der Waals surface area (Å²) >= 11 is 0. The first-order valence-electron chi connectivity index (χ1n) is 6.57. The highest BCUT2D eigenvalue weighted by Gasteiger charge is 2.33. The van der Waals surface area contributed by atoms with E-state index in [0.717, 1.165) is 31.4 Å². The molecule has 1 aliphatic rings. The van der Waals surface area contributed by atoms with Gasteiger partial charge in [0.1, 0.15) is 0 Å². The summed E-state index contributed by atoms with van der Waals surface area (Å²) in [4.78, 5) is 11.2. The van der Waals surface area contributed by atoms with Gasteiger partial charge in [0.15, 0.2) is 0 Å². The Labute approximate surface area is 119 Å². The molecule has 0 saturated heterocycles. The Balaban J connectivity index is 2.29. The van der Waals surface area contributed by atoms with Crippen LogP contribution in [-0.2, 0) is 10.9 Å². The predicted octanol–water partition coefficient (Wildman–Crippen LogP) is 3.38. The van der Waals surface area contributed by atoms with Crippen molar-refractivity contribution in [2.45, 2.75) is 37.6 Å². The summed E-state index contributed by atoms with van der Waals surface area (Å²) in [5, 5.41) is 12.1. The molecule has 0 bridgehead atoms. The van der Waals surface area contributed by atoms with Crippen LogP contribution < -0.4 is 5.32 Å². The molecular weight excluding hydrogens is 287 g/mol. The molecule has 0 aromatic heterocycles. The first kappa shape index (κ1) is 15.6. The molecule has 2 atom stereocenters. The van der Waals surface area contributed by atoms with Crippen LogP contribution in [0.1, 0.15) is 35.2 Å². The monoisotopic (exact) mass is 303 g/mol. The molecule has 0 heterocycles. The van der Waals surface area contributed by atoms with E-state index in [1.807, 2.05) is 0 Å². The van der Waals surface area contributed by atoms with Gasteiger partial charge in [-0.25, -0.2) is 4.79 Å². The molecule has 7 heteroatoms. The van der Waals surface area contributed by atoms with Gasteiger partial charge in [0.05, 0.1) is 23.3 Å². The lowest BCUT2D eigenvalue weighted by molar-refractivity contribution is -0.137. The molecule has 0 amide bonds. The Bertz CT molecular complexity index is 531. The van der Waals surface area contributed by atoms with Gasteiger partial charge in [-0.1, -0.05) is 0 Å². The minimum absolute atomic E-state index is 0.0612. The van der Waals surface area contributed by atoms with Crippen molar-refractivity contribution in [1.82, 2.24) is 0 Å². The molecule has 1 aliphatic carbocycles. The standard InChI is InChI=1S/C14H16F3NO3/c1-21-12-4-2-3-11(12)18-10-6-5-8(14(15,16)17)7-9(10)13(19)20/h5-7,11-12,18H,2-4H2,1H3,(H,19,20). The van der Waals surface area contributed by atoms with Crippen molar-refractivity contribution in [3.63, 3.8) is 0 Å². The van der Waals surface area contributed by atoms with Gasteiger partial charge in [-0.15, -0.1) is 0 Å². The van der Waals surface area contributed by atoms with Gasteiger partial charge >= 0.3 is 12.1 Å². The van der Waals surface area contributed by atoms with Gasteiger partial charge in [-0.3, -0.25) is 0 Å². The summed E-state index contributed by atoms with van der Waals surface area (Å²) in [6, 6.07) is 2.61. The van der Waals surface area contributed by atoms with Gasteiger partial charge < -0.3 is 15.2 Å². The number of methoxy groups -OCH3 is 1. The maximum absolute atomic E-state index is 12.7. The molecular formula is C14H16F3NO3. The molecule has 1 fully saturated rings. The Hall–Kier alpha value is -1.76. The third kappa shape index (κ3) is 3.47. The Morgan fingerprint density at radius 1 is 1.38 bits per heavy atom. The number of nitrogens with one attached hydrogen (secondary N) is 1. The molecule has 21 heavy (non-hydrogen) atoms. The van der Waals surface area contributed by atoms with Crippen LogP contribution in [0.25, 0.3) is 0 Å². The second-order valence-corrected chi connectivity index (χ2v) is 5.02. The molecule has 0 spiro atoms. The third-order valence-electron chi connectivity index (χ3n) is 3.67. The first-order chi connectivity index (χ1) is 9.82. The number of alkyl halides is 3. The van der Waals surface area contributed by atoms with Crippen LogP contribution >= 0.6 is 0 Å². The highest BCUT2D eigenvalue weighted by molar-refractivity contribution is 5.94. The first-order valence-corrected chi connectivity index (χ1v) is 6.57. The van der Waals surface area contributed by atoms with Crippen molar-refractivity contribution in [2.24, 2.45) is 0 Å². The molecule has 1 aromatic carbocycles. The summed E-state index contributed by atoms with van der Waals surface area (Å²) in [6.07, 6.45) is -2.06. The van der Waals surface area contributed by atoms with E-state index in [9.17, 15) is 18.0 Å². The van der Waals surface area contributed by atoms with Crippen LogP contribution in [-0.4, -0.2) is 30.3 Å². The zero-order valence-electron chi connectivity index (χ0n) is 11.4. The molecule has 1 aromatic rings. The van der Waals surface area contributed by atoms with Crippen LogP contribution in [0.5, 0.6) is 0 Å². The molecule has 1 saturated carbocycles. The Kier molecular flexibility index (Phi) is 4.41. The number of carboxylic acid groups (broad SMARTS) is 1. The quantitative estimate of drug-likeness (QED) is 0.895. The number of hydrogen-bond acceptors (Lipinski definition) is 3. The van der Waals surface area contributed by atoms with Crippen molar-refractivity contribution in [3.05, 3.63) is 29.3 Å². The van der Waals surface area contributed by atoms with Crippen LogP contribution in [0, 0.1) is 0 Å². The highest BCUT2D eigenvalue weighted by atomic mass is 19.4. The van der Waals surface area contributed by atoms with Crippen LogP contribution in [0.15, 0.2) is 18.2 Å². The second kappa shape index (κ2) is 5.93. The van der Waals surface area contributed by atoms with Crippen molar-refractivity contribution >= 4 is 11.7 Å². The molecule has 2 rings (SSSR count). The number of carboxylic acids is 1. The number of benzene rings is 1. The van der Waals surface area contributed by atoms with E-state index in [1.165, 1.54) is 0 Å². The van der Waals surface area contributed by atoms with Crippen LogP contribution in [0.4, 0.5) is 18.9 Å². The van der Waals surface area contributed by atoms with Gasteiger partial charge in [0.2, 0.25) is 0 Å². The number of aromatic carboxylic acids is 1. The summed E-state index contributed by atoms with van der Waals surface area (Å²) in [6.45, 7) is 0. The fourth-order valence-corrected chi connectivity index (χ4v) is 2.60. The average molecular weight is 303 g/mol. The van der Waals surface area contributed by atoms with E-state index in [2.05, 4.69) is 5.32 Å². The lowest BCUT2D eigenvalue weighted by atomic mass is 10.1. The Morgan fingerprint density at radius 3 is 2.67 bits per heavy atom. The molecule has 2 unspecified atom stereocenters. The third-order valence-corrected chi connectivity index (χ3v) is 3.67. The number of rotatable bonds is 4. The number of ether oxygens (including phenoxy) is 1. The molecule has 0 radical (unpaired) electrons. The number of carbonyl (C=O) groups is 1. The fourth-order valence-electron chi connectivity index (χ4n) is 2.60. The molecule has 0 aliphatic heterocycles. The fraction of sp³-hybridized carbons (Fsp3) is 0.500. The molecule has 116 valence electrons. The van der Waals surface area contributed by atoms with Crippen molar-refractivity contribution in [1.29, 1.82) is 0 Å². The number of hydrogen-bond donors (Lipinski definition) is 2. The van der Waals surface area contributed by atoms with E-state index in [0.29, 0.717) is 6.07 Å². The van der Waals surface area contributed by atoms with E-state index in [1.54, 1.807) is 7.11 Å². The van der Waals surface area contributed by atoms with E-state index in [-0.39, 0.29) is 23.4 Å². The molecule has 4 nitrogen and oxygen atoms in total. The van der Waals surface area contributed by atoms with E-state index in [4.69, 9.17) is 9.84 Å². The SMILES string of the molecule is COC1CCCC1Nc1ccc(C(F)(F)F)cc1C(=O)O. The zero-order valence-corrected chi connectivity index (χ0v) is 11.4. The zero-order chi connectivity index (χ0) is 15.6. The lowest BCUT2D eigenvalue weighted by Crippen LogP contribution is -2.30. The summed E-state index contributed by atoms with van der Waals surface area (Å²) in [5.74, 6) is -1.39. The van der Waals surface area contributed by atoms with Crippen molar-refractivity contribution in [3.8, 4) is 0 Å². The molecule has 2 N–H and O–H groups in total. The topological polar surface area (TPSA) is 58.6 Å². The maximum atomic E-state index is 12.7. The van der Waals surface area contributed by atoms with Crippen molar-refractivity contribution in [2.75, 3.05) is 12.4 Å². The van der Waals surface area contributed by atoms with Gasteiger partial charge in [-0.05, 0) is 37.5 Å². The van der Waals surface area contributed by atoms with Crippen molar-refractivity contribution < 1.29 is 27.8 Å². The summed E-state index contributed by atoms with van der Waals surface area (Å²) in [7, 11) is 1.57. The normalized spacial score (nSPS) is 22.3. The minimum Gasteiger partial charge on any atom is -0.478 e. The average Bonchev–Trinajstić information content (AvgIpc) is 2.84. The van der Waals surface area contributed by atoms with E-state index < -0.39 is 17.7 Å². The number of halogens is 3. The minimum atomic E-state index is -4.56. The second-order valence-electron chi connectivity index (χ2n) is 5.02. The smallest absolute Gasteiger partial charge is 0.416 e. The van der Waals surface area contributed by atoms with Crippen LogP contribution in [0.3, 0.4) is 0 Å². The summed E-state index contributed by atoms with van der Waals surface area (Å²) < 4.78 is 43.2. The van der Waals surface area contributed by atoms with Gasteiger partial charge in [-0.2, -0.15) is 13.2 Å².